The van der Waals surface area contributed by atoms with Crippen LogP contribution in [0.4, 0.5) is 5.69 Å². The number of carbonyl (C=O) groups excluding carboxylic acids is 1. The van der Waals surface area contributed by atoms with E-state index >= 15 is 0 Å². The Morgan fingerprint density at radius 1 is 1.33 bits per heavy atom. The van der Waals surface area contributed by atoms with Crippen LogP contribution in [0.15, 0.2) is 18.2 Å². The van der Waals surface area contributed by atoms with Crippen LogP contribution < -0.4 is 11.1 Å². The molecule has 21 heavy (non-hydrogen) atoms. The van der Waals surface area contributed by atoms with Gasteiger partial charge in [-0.15, -0.1) is 0 Å². The molecule has 1 heterocycles. The van der Waals surface area contributed by atoms with Gasteiger partial charge in [-0.1, -0.05) is 26.7 Å². The van der Waals surface area contributed by atoms with E-state index in [1.54, 1.807) is 12.1 Å². The van der Waals surface area contributed by atoms with Gasteiger partial charge in [-0.2, -0.15) is 5.10 Å². The molecule has 0 aliphatic carbocycles. The smallest absolute Gasteiger partial charge is 0.272 e. The largest absolute Gasteiger partial charge is 0.399 e. The number of nitrogen functional groups attached to an aromatic ring is 1. The zero-order valence-corrected chi connectivity index (χ0v) is 12.9. The highest BCUT2D eigenvalue weighted by atomic mass is 16.2. The van der Waals surface area contributed by atoms with Crippen LogP contribution in [0.5, 0.6) is 0 Å². The summed E-state index contributed by atoms with van der Waals surface area (Å²) in [7, 11) is 0. The van der Waals surface area contributed by atoms with Crippen LogP contribution >= 0.6 is 0 Å². The quantitative estimate of drug-likeness (QED) is 0.714. The lowest BCUT2D eigenvalue weighted by atomic mass is 10.0. The Bertz CT molecular complexity index is 618. The number of H-pyrrole nitrogens is 1. The van der Waals surface area contributed by atoms with Gasteiger partial charge < -0.3 is 11.1 Å². The van der Waals surface area contributed by atoms with Crippen molar-refractivity contribution in [3.8, 4) is 0 Å². The van der Waals surface area contributed by atoms with Crippen LogP contribution in [0, 0.1) is 5.92 Å². The highest BCUT2D eigenvalue weighted by Gasteiger charge is 2.16. The number of nitrogens with two attached hydrogens (primary N) is 1. The fourth-order valence-electron chi connectivity index (χ4n) is 2.40. The monoisotopic (exact) mass is 288 g/mol. The number of anilines is 1. The Kier molecular flexibility index (Phi) is 4.83. The van der Waals surface area contributed by atoms with Crippen LogP contribution in [0.25, 0.3) is 10.9 Å². The van der Waals surface area contributed by atoms with Gasteiger partial charge in [-0.3, -0.25) is 9.89 Å². The van der Waals surface area contributed by atoms with E-state index in [0.717, 1.165) is 23.7 Å². The molecule has 0 aliphatic rings. The van der Waals surface area contributed by atoms with Gasteiger partial charge in [0.15, 0.2) is 5.69 Å². The maximum Gasteiger partial charge on any atom is 0.272 e. The summed E-state index contributed by atoms with van der Waals surface area (Å²) < 4.78 is 0. The first-order chi connectivity index (χ1) is 9.97. The standard InChI is InChI=1S/C16H24N4O/c1-10(2)5-4-6-11(3)18-16(21)15-13-9-12(17)7-8-14(13)19-20-15/h7-11H,4-6,17H2,1-3H3,(H,18,21)(H,19,20). The molecule has 0 radical (unpaired) electrons. The molecule has 0 fully saturated rings. The lowest BCUT2D eigenvalue weighted by molar-refractivity contribution is 0.0934. The van der Waals surface area contributed by atoms with Gasteiger partial charge in [0.05, 0.1) is 5.52 Å². The normalized spacial score (nSPS) is 12.8. The van der Waals surface area contributed by atoms with E-state index in [4.69, 9.17) is 5.73 Å². The van der Waals surface area contributed by atoms with E-state index in [-0.39, 0.29) is 11.9 Å². The molecule has 1 atom stereocenters. The number of fused-ring (bicyclic) bond motifs is 1. The van der Waals surface area contributed by atoms with Gasteiger partial charge >= 0.3 is 0 Å². The zero-order valence-electron chi connectivity index (χ0n) is 12.9. The molecule has 1 aromatic carbocycles. The summed E-state index contributed by atoms with van der Waals surface area (Å²) in [4.78, 5) is 12.3. The minimum atomic E-state index is -0.149. The van der Waals surface area contributed by atoms with Crippen molar-refractivity contribution in [3.63, 3.8) is 0 Å². The average molecular weight is 288 g/mol. The Hall–Kier alpha value is -2.04. The number of nitrogens with zero attached hydrogens (tertiary/aromatic N) is 1. The molecule has 0 aliphatic heterocycles. The van der Waals surface area contributed by atoms with Gasteiger partial charge in [-0.25, -0.2) is 0 Å². The summed E-state index contributed by atoms with van der Waals surface area (Å²) in [5.74, 6) is 0.551. The third kappa shape index (κ3) is 3.97. The Balaban J connectivity index is 2.00. The first kappa shape index (κ1) is 15.4. The topological polar surface area (TPSA) is 83.8 Å². The van der Waals surface area contributed by atoms with Crippen LogP contribution in [0.1, 0.15) is 50.5 Å². The van der Waals surface area contributed by atoms with Crippen molar-refractivity contribution in [3.05, 3.63) is 23.9 Å². The van der Waals surface area contributed by atoms with E-state index in [2.05, 4.69) is 29.4 Å². The third-order valence-corrected chi connectivity index (χ3v) is 3.60. The second-order valence-corrected chi connectivity index (χ2v) is 6.08. The number of benzene rings is 1. The highest BCUT2D eigenvalue weighted by Crippen LogP contribution is 2.19. The minimum absolute atomic E-state index is 0.143. The molecule has 114 valence electrons. The SMILES string of the molecule is CC(C)CCCC(C)NC(=O)c1n[nH]c2ccc(N)cc12. The highest BCUT2D eigenvalue weighted by molar-refractivity contribution is 6.05. The van der Waals surface area contributed by atoms with Gasteiger partial charge in [0.2, 0.25) is 0 Å². The number of amides is 1. The van der Waals surface area contributed by atoms with E-state index < -0.39 is 0 Å². The number of rotatable bonds is 6. The second kappa shape index (κ2) is 6.61. The number of hydrogen-bond donors (Lipinski definition) is 3. The van der Waals surface area contributed by atoms with E-state index in [9.17, 15) is 4.79 Å². The summed E-state index contributed by atoms with van der Waals surface area (Å²) in [6.45, 7) is 6.45. The number of aromatic nitrogens is 2. The molecule has 2 aromatic rings. The van der Waals surface area contributed by atoms with E-state index in [0.29, 0.717) is 17.3 Å². The predicted octanol–water partition coefficient (Wildman–Crippen LogP) is 3.09. The van der Waals surface area contributed by atoms with Gasteiger partial charge in [-0.05, 0) is 37.5 Å². The lowest BCUT2D eigenvalue weighted by Crippen LogP contribution is -2.32. The van der Waals surface area contributed by atoms with Crippen molar-refractivity contribution >= 4 is 22.5 Å². The fraction of sp³-hybridized carbons (Fsp3) is 0.500. The van der Waals surface area contributed by atoms with Crippen LogP contribution in [-0.4, -0.2) is 22.1 Å². The molecule has 0 spiro atoms. The minimum Gasteiger partial charge on any atom is -0.399 e. The van der Waals surface area contributed by atoms with Crippen molar-refractivity contribution < 1.29 is 4.79 Å². The van der Waals surface area contributed by atoms with Gasteiger partial charge in [0, 0.05) is 17.1 Å². The summed E-state index contributed by atoms with van der Waals surface area (Å²) in [6.07, 6.45) is 3.28. The molecule has 1 aromatic heterocycles. The molecule has 0 saturated carbocycles. The summed E-state index contributed by atoms with van der Waals surface area (Å²) in [5.41, 5.74) is 7.63. The first-order valence-electron chi connectivity index (χ1n) is 7.52. The van der Waals surface area contributed by atoms with Crippen molar-refractivity contribution in [2.75, 3.05) is 5.73 Å². The number of aromatic amines is 1. The Morgan fingerprint density at radius 3 is 2.81 bits per heavy atom. The molecule has 1 unspecified atom stereocenters. The van der Waals surface area contributed by atoms with Crippen LogP contribution in [0.2, 0.25) is 0 Å². The average Bonchev–Trinajstić information content (AvgIpc) is 2.81. The number of carbonyl (C=O) groups is 1. The molecule has 5 heteroatoms. The summed E-state index contributed by atoms with van der Waals surface area (Å²) >= 11 is 0. The van der Waals surface area contributed by atoms with Crippen molar-refractivity contribution in [2.24, 2.45) is 5.92 Å². The molecule has 5 nitrogen and oxygen atoms in total. The summed E-state index contributed by atoms with van der Waals surface area (Å²) in [5, 5.41) is 10.7. The van der Waals surface area contributed by atoms with Crippen molar-refractivity contribution in [1.29, 1.82) is 0 Å². The third-order valence-electron chi connectivity index (χ3n) is 3.60. The molecule has 2 rings (SSSR count). The van der Waals surface area contributed by atoms with E-state index in [1.807, 2.05) is 13.0 Å². The van der Waals surface area contributed by atoms with Gasteiger partial charge in [0.1, 0.15) is 0 Å². The molecule has 1 amide bonds. The number of hydrogen-bond acceptors (Lipinski definition) is 3. The van der Waals surface area contributed by atoms with Crippen molar-refractivity contribution in [2.45, 2.75) is 46.1 Å². The molecular formula is C16H24N4O. The van der Waals surface area contributed by atoms with Crippen molar-refractivity contribution in [1.82, 2.24) is 15.5 Å². The maximum absolute atomic E-state index is 12.3. The molecule has 0 bridgehead atoms. The molecule has 0 saturated heterocycles. The van der Waals surface area contributed by atoms with Crippen LogP contribution in [0.3, 0.4) is 0 Å². The van der Waals surface area contributed by atoms with Gasteiger partial charge in [0.25, 0.3) is 5.91 Å². The Morgan fingerprint density at radius 2 is 2.10 bits per heavy atom. The van der Waals surface area contributed by atoms with E-state index in [1.165, 1.54) is 6.42 Å². The molecule has 4 N–H and O–H groups in total. The first-order valence-corrected chi connectivity index (χ1v) is 7.52. The Labute approximate surface area is 125 Å². The zero-order chi connectivity index (χ0) is 15.4. The fourth-order valence-corrected chi connectivity index (χ4v) is 2.40. The predicted molar refractivity (Wildman–Crippen MR) is 86.1 cm³/mol. The lowest BCUT2D eigenvalue weighted by Gasteiger charge is -2.13. The maximum atomic E-state index is 12.3. The molecular weight excluding hydrogens is 264 g/mol. The summed E-state index contributed by atoms with van der Waals surface area (Å²) in [6, 6.07) is 5.54. The second-order valence-electron chi connectivity index (χ2n) is 6.08. The van der Waals surface area contributed by atoms with Crippen LogP contribution in [-0.2, 0) is 0 Å². The number of nitrogens with one attached hydrogen (secondary N) is 2.